The minimum absolute atomic E-state index is 0.0674. The second-order valence-electron chi connectivity index (χ2n) is 6.46. The first-order valence-corrected chi connectivity index (χ1v) is 9.69. The van der Waals surface area contributed by atoms with E-state index in [1.165, 1.54) is 18.2 Å². The molecule has 1 aliphatic heterocycles. The third-order valence-corrected chi connectivity index (χ3v) is 4.98. The monoisotopic (exact) mass is 441 g/mol. The van der Waals surface area contributed by atoms with Crippen LogP contribution in [-0.4, -0.2) is 11.9 Å². The molecule has 0 saturated carbocycles. The first-order valence-electron chi connectivity index (χ1n) is 8.93. The number of nitrogens with zero attached hydrogens (tertiary/aromatic N) is 1. The molecule has 0 N–H and O–H groups in total. The lowest BCUT2D eigenvalue weighted by atomic mass is 10.2. The first kappa shape index (κ1) is 20.1. The summed E-state index contributed by atoms with van der Waals surface area (Å²) in [5.41, 5.74) is 2.09. The Kier molecular flexibility index (Phi) is 5.84. The normalized spacial score (nSPS) is 14.6. The van der Waals surface area contributed by atoms with Gasteiger partial charge < -0.3 is 9.47 Å². The number of carbonyl (C=O) groups is 1. The van der Waals surface area contributed by atoms with Crippen molar-refractivity contribution in [2.45, 2.75) is 6.61 Å². The average molecular weight is 442 g/mol. The van der Waals surface area contributed by atoms with Crippen LogP contribution in [0.5, 0.6) is 5.75 Å². The number of esters is 1. The van der Waals surface area contributed by atoms with Gasteiger partial charge in [-0.3, -0.25) is 0 Å². The van der Waals surface area contributed by atoms with E-state index in [1.807, 2.05) is 12.1 Å². The van der Waals surface area contributed by atoms with E-state index >= 15 is 0 Å². The number of benzene rings is 3. The molecule has 4 rings (SSSR count). The van der Waals surface area contributed by atoms with E-state index in [2.05, 4.69) is 4.99 Å². The molecule has 3 aromatic rings. The van der Waals surface area contributed by atoms with Gasteiger partial charge >= 0.3 is 5.97 Å². The summed E-state index contributed by atoms with van der Waals surface area (Å²) in [6.45, 7) is 0.306. The largest absolute Gasteiger partial charge is 0.489 e. The molecule has 0 unspecified atom stereocenters. The highest BCUT2D eigenvalue weighted by atomic mass is 35.5. The van der Waals surface area contributed by atoms with Crippen LogP contribution >= 0.6 is 23.2 Å². The Labute approximate surface area is 182 Å². The molecule has 3 aromatic carbocycles. The number of hydrogen-bond donors (Lipinski definition) is 0. The van der Waals surface area contributed by atoms with E-state index in [1.54, 1.807) is 42.5 Å². The van der Waals surface area contributed by atoms with Crippen molar-refractivity contribution in [1.29, 1.82) is 0 Å². The zero-order valence-electron chi connectivity index (χ0n) is 15.4. The van der Waals surface area contributed by atoms with Gasteiger partial charge in [-0.15, -0.1) is 0 Å². The Balaban J connectivity index is 1.51. The molecule has 7 heteroatoms. The van der Waals surface area contributed by atoms with Crippen molar-refractivity contribution in [1.82, 2.24) is 0 Å². The number of carbonyl (C=O) groups excluding carboxylic acids is 1. The summed E-state index contributed by atoms with van der Waals surface area (Å²) in [6.07, 6.45) is 1.58. The molecule has 4 nitrogen and oxygen atoms in total. The fourth-order valence-corrected chi connectivity index (χ4v) is 3.12. The minimum atomic E-state index is -0.601. The Morgan fingerprint density at radius 1 is 1.00 bits per heavy atom. The minimum Gasteiger partial charge on any atom is -0.489 e. The first-order chi connectivity index (χ1) is 14.5. The summed E-state index contributed by atoms with van der Waals surface area (Å²) in [7, 11) is 0. The van der Waals surface area contributed by atoms with E-state index in [-0.39, 0.29) is 11.6 Å². The Morgan fingerprint density at radius 3 is 2.63 bits per heavy atom. The van der Waals surface area contributed by atoms with Crippen molar-refractivity contribution in [2.75, 3.05) is 0 Å². The van der Waals surface area contributed by atoms with E-state index < -0.39 is 11.8 Å². The number of aliphatic imine (C=N–C) groups is 1. The molecule has 30 heavy (non-hydrogen) atoms. The van der Waals surface area contributed by atoms with E-state index in [4.69, 9.17) is 32.7 Å². The van der Waals surface area contributed by atoms with Crippen LogP contribution in [0, 0.1) is 5.82 Å². The van der Waals surface area contributed by atoms with Gasteiger partial charge in [0.15, 0.2) is 5.70 Å². The predicted molar refractivity (Wildman–Crippen MR) is 114 cm³/mol. The van der Waals surface area contributed by atoms with Crippen molar-refractivity contribution in [3.05, 3.63) is 105 Å². The molecule has 150 valence electrons. The average Bonchev–Trinajstić information content (AvgIpc) is 3.09. The SMILES string of the molecule is O=C1OC(c2cccc(F)c2)=N/C1=C\c1cccc(OCc2ccc(Cl)c(Cl)c2)c1. The van der Waals surface area contributed by atoms with Crippen molar-refractivity contribution in [3.8, 4) is 5.75 Å². The topological polar surface area (TPSA) is 47.9 Å². The van der Waals surface area contributed by atoms with Crippen LogP contribution in [0.15, 0.2) is 77.4 Å². The van der Waals surface area contributed by atoms with Crippen molar-refractivity contribution in [2.24, 2.45) is 4.99 Å². The molecule has 0 saturated heterocycles. The maximum atomic E-state index is 13.4. The standard InChI is InChI=1S/C23H14Cl2FNO3/c24-19-8-7-15(10-20(19)25)13-29-18-6-1-3-14(9-18)11-21-23(28)30-22(27-21)16-4-2-5-17(26)12-16/h1-12H,13H2/b21-11-. The van der Waals surface area contributed by atoms with Gasteiger partial charge in [-0.05, 0) is 59.7 Å². The summed E-state index contributed by atoms with van der Waals surface area (Å²) < 4.78 is 24.4. The molecule has 0 radical (unpaired) electrons. The van der Waals surface area contributed by atoms with Crippen LogP contribution in [0.3, 0.4) is 0 Å². The summed E-state index contributed by atoms with van der Waals surface area (Å²) in [5, 5.41) is 0.943. The number of rotatable bonds is 5. The maximum Gasteiger partial charge on any atom is 0.363 e. The smallest absolute Gasteiger partial charge is 0.363 e. The Morgan fingerprint density at radius 2 is 1.83 bits per heavy atom. The molecule has 1 aliphatic rings. The van der Waals surface area contributed by atoms with Crippen molar-refractivity contribution >= 4 is 41.1 Å². The molecule has 0 atom stereocenters. The summed E-state index contributed by atoms with van der Waals surface area (Å²) in [5.74, 6) is -0.360. The molecule has 1 heterocycles. The molecule has 0 bridgehead atoms. The fourth-order valence-electron chi connectivity index (χ4n) is 2.80. The molecular formula is C23H14Cl2FNO3. The maximum absolute atomic E-state index is 13.4. The summed E-state index contributed by atoms with van der Waals surface area (Å²) in [6, 6.07) is 18.2. The number of ether oxygens (including phenoxy) is 2. The Hall–Kier alpha value is -3.15. The van der Waals surface area contributed by atoms with Gasteiger partial charge in [0.25, 0.3) is 0 Å². The molecular weight excluding hydrogens is 428 g/mol. The van der Waals surface area contributed by atoms with Gasteiger partial charge in [0.2, 0.25) is 5.90 Å². The van der Waals surface area contributed by atoms with E-state index in [0.717, 1.165) is 5.56 Å². The van der Waals surface area contributed by atoms with Gasteiger partial charge in [-0.1, -0.05) is 47.5 Å². The van der Waals surface area contributed by atoms with Crippen LogP contribution in [0.4, 0.5) is 4.39 Å². The fraction of sp³-hybridized carbons (Fsp3) is 0.0435. The highest BCUT2D eigenvalue weighted by Gasteiger charge is 2.24. The van der Waals surface area contributed by atoms with Crippen molar-refractivity contribution < 1.29 is 18.7 Å². The lowest BCUT2D eigenvalue weighted by molar-refractivity contribution is -0.129. The quantitative estimate of drug-likeness (QED) is 0.357. The molecule has 0 fully saturated rings. The molecule has 0 amide bonds. The van der Waals surface area contributed by atoms with E-state index in [9.17, 15) is 9.18 Å². The predicted octanol–water partition coefficient (Wildman–Crippen LogP) is 6.06. The third kappa shape index (κ3) is 4.70. The number of hydrogen-bond acceptors (Lipinski definition) is 4. The van der Waals surface area contributed by atoms with Gasteiger partial charge in [-0.2, -0.15) is 0 Å². The van der Waals surface area contributed by atoms with Crippen LogP contribution < -0.4 is 4.74 Å². The van der Waals surface area contributed by atoms with Crippen LogP contribution in [0.2, 0.25) is 10.0 Å². The molecule has 0 aromatic heterocycles. The van der Waals surface area contributed by atoms with Crippen LogP contribution in [0.25, 0.3) is 6.08 Å². The number of cyclic esters (lactones) is 1. The molecule has 0 aliphatic carbocycles. The summed E-state index contributed by atoms with van der Waals surface area (Å²) >= 11 is 11.9. The van der Waals surface area contributed by atoms with Crippen molar-refractivity contribution in [3.63, 3.8) is 0 Å². The van der Waals surface area contributed by atoms with Gasteiger partial charge in [0.1, 0.15) is 18.2 Å². The number of halogens is 3. The van der Waals surface area contributed by atoms with E-state index in [0.29, 0.717) is 33.5 Å². The molecule has 0 spiro atoms. The summed E-state index contributed by atoms with van der Waals surface area (Å²) in [4.78, 5) is 16.3. The third-order valence-electron chi connectivity index (χ3n) is 4.24. The lowest BCUT2D eigenvalue weighted by Crippen LogP contribution is -2.05. The zero-order valence-corrected chi connectivity index (χ0v) is 17.0. The van der Waals surface area contributed by atoms with Crippen LogP contribution in [0.1, 0.15) is 16.7 Å². The van der Waals surface area contributed by atoms with Gasteiger partial charge in [-0.25, -0.2) is 14.2 Å². The highest BCUT2D eigenvalue weighted by molar-refractivity contribution is 6.42. The second kappa shape index (κ2) is 8.69. The zero-order chi connectivity index (χ0) is 21.1. The highest BCUT2D eigenvalue weighted by Crippen LogP contribution is 2.25. The van der Waals surface area contributed by atoms with Gasteiger partial charge in [0.05, 0.1) is 10.0 Å². The lowest BCUT2D eigenvalue weighted by Gasteiger charge is -2.08. The van der Waals surface area contributed by atoms with Gasteiger partial charge in [0, 0.05) is 5.56 Å². The second-order valence-corrected chi connectivity index (χ2v) is 7.27. The van der Waals surface area contributed by atoms with Crippen LogP contribution in [-0.2, 0) is 16.1 Å². The Bertz CT molecular complexity index is 1190.